The molecular weight excluding hydrogens is 329 g/mol. The van der Waals surface area contributed by atoms with Gasteiger partial charge < -0.3 is 8.98 Å². The van der Waals surface area contributed by atoms with E-state index in [0.717, 1.165) is 11.0 Å². The van der Waals surface area contributed by atoms with Crippen LogP contribution in [-0.2, 0) is 7.05 Å². The zero-order chi connectivity index (χ0) is 16.7. The van der Waals surface area contributed by atoms with Gasteiger partial charge in [0.2, 0.25) is 11.8 Å². The van der Waals surface area contributed by atoms with Crippen LogP contribution in [0.5, 0.6) is 0 Å². The van der Waals surface area contributed by atoms with Crippen LogP contribution in [0.1, 0.15) is 42.6 Å². The third-order valence-corrected chi connectivity index (χ3v) is 5.09. The zero-order valence-electron chi connectivity index (χ0n) is 13.3. The van der Waals surface area contributed by atoms with Crippen molar-refractivity contribution in [3.8, 4) is 11.5 Å². The van der Waals surface area contributed by atoms with E-state index in [9.17, 15) is 4.39 Å². The highest BCUT2D eigenvalue weighted by Gasteiger charge is 2.30. The predicted molar refractivity (Wildman–Crippen MR) is 86.9 cm³/mol. The first-order valence-corrected chi connectivity index (χ1v) is 8.65. The van der Waals surface area contributed by atoms with Gasteiger partial charge in [-0.05, 0) is 44.0 Å². The summed E-state index contributed by atoms with van der Waals surface area (Å²) in [6.45, 7) is 1.98. The van der Waals surface area contributed by atoms with E-state index in [1.807, 2.05) is 18.5 Å². The number of hydrogen-bond donors (Lipinski definition) is 0. The van der Waals surface area contributed by atoms with Gasteiger partial charge in [0.1, 0.15) is 11.6 Å². The van der Waals surface area contributed by atoms with Crippen molar-refractivity contribution in [3.63, 3.8) is 0 Å². The average molecular weight is 345 g/mol. The number of thioether (sulfide) groups is 1. The van der Waals surface area contributed by atoms with Gasteiger partial charge in [-0.3, -0.25) is 0 Å². The minimum Gasteiger partial charge on any atom is -0.419 e. The molecule has 2 aromatic heterocycles. The molecule has 1 aromatic carbocycles. The second-order valence-electron chi connectivity index (χ2n) is 5.89. The van der Waals surface area contributed by atoms with Crippen LogP contribution in [-0.4, -0.2) is 25.0 Å². The number of hydrogen-bond acceptors (Lipinski definition) is 6. The first-order chi connectivity index (χ1) is 11.6. The van der Waals surface area contributed by atoms with Crippen LogP contribution in [0.4, 0.5) is 4.39 Å². The summed E-state index contributed by atoms with van der Waals surface area (Å²) in [5.74, 6) is 2.20. The molecule has 8 heteroatoms. The lowest BCUT2D eigenvalue weighted by Crippen LogP contribution is -1.98. The molecule has 24 heavy (non-hydrogen) atoms. The summed E-state index contributed by atoms with van der Waals surface area (Å²) in [7, 11) is 1.99. The maximum atomic E-state index is 13.0. The lowest BCUT2D eigenvalue weighted by Gasteiger charge is -2.06. The first kappa shape index (κ1) is 15.3. The molecule has 1 aliphatic carbocycles. The monoisotopic (exact) mass is 345 g/mol. The Hall–Kier alpha value is -2.22. The van der Waals surface area contributed by atoms with Crippen molar-refractivity contribution >= 4 is 11.8 Å². The summed E-state index contributed by atoms with van der Waals surface area (Å²) < 4.78 is 20.8. The molecule has 0 N–H and O–H groups in total. The molecule has 0 aliphatic heterocycles. The van der Waals surface area contributed by atoms with Crippen molar-refractivity contribution in [2.75, 3.05) is 0 Å². The topological polar surface area (TPSA) is 69.6 Å². The van der Waals surface area contributed by atoms with Crippen molar-refractivity contribution in [2.45, 2.75) is 36.1 Å². The molecule has 0 amide bonds. The van der Waals surface area contributed by atoms with Crippen molar-refractivity contribution in [1.82, 2.24) is 25.0 Å². The highest BCUT2D eigenvalue weighted by atomic mass is 32.2. The molecule has 3 aromatic rings. The Morgan fingerprint density at radius 1 is 1.17 bits per heavy atom. The van der Waals surface area contributed by atoms with E-state index in [4.69, 9.17) is 4.42 Å². The van der Waals surface area contributed by atoms with Gasteiger partial charge in [0.15, 0.2) is 5.16 Å². The third-order valence-electron chi connectivity index (χ3n) is 3.97. The molecule has 1 fully saturated rings. The fourth-order valence-electron chi connectivity index (χ4n) is 2.44. The van der Waals surface area contributed by atoms with Crippen LogP contribution in [0, 0.1) is 5.82 Å². The Morgan fingerprint density at radius 3 is 2.62 bits per heavy atom. The minimum absolute atomic E-state index is 0.0540. The predicted octanol–water partition coefficient (Wildman–Crippen LogP) is 3.73. The number of rotatable bonds is 5. The number of aromatic nitrogens is 5. The van der Waals surface area contributed by atoms with Crippen LogP contribution in [0.15, 0.2) is 33.8 Å². The lowest BCUT2D eigenvalue weighted by atomic mass is 10.2. The van der Waals surface area contributed by atoms with Crippen molar-refractivity contribution in [3.05, 3.63) is 41.8 Å². The maximum absolute atomic E-state index is 13.0. The standard InChI is InChI=1S/C16H16FN5OS/c1-9(24-16-21-18-13(22(16)2)10-3-4-10)14-19-20-15(23-14)11-5-7-12(17)8-6-11/h5-10H,3-4H2,1-2H3/t9-/m1/s1. The van der Waals surface area contributed by atoms with Crippen LogP contribution in [0.3, 0.4) is 0 Å². The van der Waals surface area contributed by atoms with E-state index in [1.165, 1.54) is 36.7 Å². The van der Waals surface area contributed by atoms with Gasteiger partial charge in [0.25, 0.3) is 0 Å². The number of nitrogens with zero attached hydrogens (tertiary/aromatic N) is 5. The third kappa shape index (κ3) is 2.93. The first-order valence-electron chi connectivity index (χ1n) is 7.77. The van der Waals surface area contributed by atoms with Gasteiger partial charge in [-0.15, -0.1) is 20.4 Å². The lowest BCUT2D eigenvalue weighted by molar-refractivity contribution is 0.508. The van der Waals surface area contributed by atoms with E-state index in [2.05, 4.69) is 20.4 Å². The van der Waals surface area contributed by atoms with Gasteiger partial charge in [0, 0.05) is 18.5 Å². The van der Waals surface area contributed by atoms with Gasteiger partial charge >= 0.3 is 0 Å². The largest absolute Gasteiger partial charge is 0.419 e. The zero-order valence-corrected chi connectivity index (χ0v) is 14.1. The van der Waals surface area contributed by atoms with Gasteiger partial charge in [-0.25, -0.2) is 4.39 Å². The Balaban J connectivity index is 1.50. The van der Waals surface area contributed by atoms with Crippen molar-refractivity contribution in [2.24, 2.45) is 7.05 Å². The summed E-state index contributed by atoms with van der Waals surface area (Å²) in [5, 5.41) is 17.5. The molecule has 1 atom stereocenters. The maximum Gasteiger partial charge on any atom is 0.247 e. The molecule has 0 spiro atoms. The fraction of sp³-hybridized carbons (Fsp3) is 0.375. The van der Waals surface area contributed by atoms with E-state index in [0.29, 0.717) is 23.3 Å². The normalized spacial score (nSPS) is 15.6. The van der Waals surface area contributed by atoms with Gasteiger partial charge in [-0.2, -0.15) is 0 Å². The van der Waals surface area contributed by atoms with E-state index < -0.39 is 0 Å². The molecule has 4 rings (SSSR count). The van der Waals surface area contributed by atoms with Crippen LogP contribution >= 0.6 is 11.8 Å². The SMILES string of the molecule is C[C@@H](Sc1nnc(C2CC2)n1C)c1nnc(-c2ccc(F)cc2)o1. The van der Waals surface area contributed by atoms with Crippen LogP contribution in [0.25, 0.3) is 11.5 Å². The summed E-state index contributed by atoms with van der Waals surface area (Å²) in [4.78, 5) is 0. The Morgan fingerprint density at radius 2 is 1.92 bits per heavy atom. The summed E-state index contributed by atoms with van der Waals surface area (Å²) in [6, 6.07) is 5.98. The van der Waals surface area contributed by atoms with E-state index in [-0.39, 0.29) is 11.1 Å². The smallest absolute Gasteiger partial charge is 0.247 e. The summed E-state index contributed by atoms with van der Waals surface area (Å²) in [6.07, 6.45) is 2.38. The van der Waals surface area contributed by atoms with Crippen LogP contribution in [0.2, 0.25) is 0 Å². The summed E-state index contributed by atoms with van der Waals surface area (Å²) >= 11 is 1.53. The Labute approximate surface area is 142 Å². The van der Waals surface area contributed by atoms with Crippen molar-refractivity contribution in [1.29, 1.82) is 0 Å². The molecule has 1 aliphatic rings. The highest BCUT2D eigenvalue weighted by molar-refractivity contribution is 7.99. The molecule has 0 radical (unpaired) electrons. The summed E-state index contributed by atoms with van der Waals surface area (Å²) in [5.41, 5.74) is 0.696. The highest BCUT2D eigenvalue weighted by Crippen LogP contribution is 2.41. The molecule has 2 heterocycles. The molecule has 0 saturated heterocycles. The number of halogens is 1. The van der Waals surface area contributed by atoms with Gasteiger partial charge in [0.05, 0.1) is 5.25 Å². The Kier molecular flexibility index (Phi) is 3.84. The minimum atomic E-state index is -0.295. The van der Waals surface area contributed by atoms with Crippen molar-refractivity contribution < 1.29 is 8.81 Å². The number of benzene rings is 1. The fourth-order valence-corrected chi connectivity index (χ4v) is 3.29. The second-order valence-corrected chi connectivity index (χ2v) is 7.19. The molecule has 1 saturated carbocycles. The molecular formula is C16H16FN5OS. The van der Waals surface area contributed by atoms with Crippen LogP contribution < -0.4 is 0 Å². The second kappa shape index (κ2) is 6.01. The molecule has 0 unspecified atom stereocenters. The molecule has 0 bridgehead atoms. The quantitative estimate of drug-likeness (QED) is 0.656. The average Bonchev–Trinajstić information content (AvgIpc) is 3.18. The molecule has 6 nitrogen and oxygen atoms in total. The van der Waals surface area contributed by atoms with E-state index >= 15 is 0 Å². The van der Waals surface area contributed by atoms with E-state index in [1.54, 1.807) is 12.1 Å². The Bertz CT molecular complexity index is 856. The van der Waals surface area contributed by atoms with Gasteiger partial charge in [-0.1, -0.05) is 11.8 Å². The molecule has 124 valence electrons.